The summed E-state index contributed by atoms with van der Waals surface area (Å²) in [4.78, 5) is 13.1. The standard InChI is InChI=1S/C13H21N5O/c1-10(19)15-9-11-3-6-18(7-4-11)13-12(8-14)2-5-16-17-13/h2,5,11H,3-4,6-9,14H2,1H3,(H,15,19). The van der Waals surface area contributed by atoms with Crippen LogP contribution in [0.2, 0.25) is 0 Å². The lowest BCUT2D eigenvalue weighted by Gasteiger charge is -2.33. The van der Waals surface area contributed by atoms with Crippen molar-refractivity contribution in [1.82, 2.24) is 15.5 Å². The van der Waals surface area contributed by atoms with Crippen LogP contribution in [0.25, 0.3) is 0 Å². The second-order valence-corrected chi connectivity index (χ2v) is 4.95. The molecule has 1 saturated heterocycles. The molecule has 0 unspecified atom stereocenters. The van der Waals surface area contributed by atoms with Crippen LogP contribution in [-0.4, -0.2) is 35.7 Å². The molecule has 1 aliphatic heterocycles. The summed E-state index contributed by atoms with van der Waals surface area (Å²) in [6.45, 7) is 4.69. The molecule has 1 fully saturated rings. The fraction of sp³-hybridized carbons (Fsp3) is 0.615. The molecule has 0 aromatic carbocycles. The molecule has 0 bridgehead atoms. The fourth-order valence-corrected chi connectivity index (χ4v) is 2.41. The summed E-state index contributed by atoms with van der Waals surface area (Å²) < 4.78 is 0. The number of rotatable bonds is 4. The minimum absolute atomic E-state index is 0.0433. The lowest BCUT2D eigenvalue weighted by atomic mass is 9.96. The van der Waals surface area contributed by atoms with Crippen molar-refractivity contribution >= 4 is 11.7 Å². The van der Waals surface area contributed by atoms with Gasteiger partial charge in [0, 0.05) is 38.7 Å². The maximum absolute atomic E-state index is 10.9. The number of nitrogens with two attached hydrogens (primary N) is 1. The van der Waals surface area contributed by atoms with E-state index in [4.69, 9.17) is 5.73 Å². The van der Waals surface area contributed by atoms with Gasteiger partial charge in [0.15, 0.2) is 5.82 Å². The minimum Gasteiger partial charge on any atom is -0.356 e. The summed E-state index contributed by atoms with van der Waals surface area (Å²) in [6, 6.07) is 1.92. The third-order valence-corrected chi connectivity index (χ3v) is 3.56. The van der Waals surface area contributed by atoms with Crippen molar-refractivity contribution in [3.63, 3.8) is 0 Å². The Kier molecular flexibility index (Phi) is 4.68. The number of nitrogens with zero attached hydrogens (tertiary/aromatic N) is 3. The number of carbonyl (C=O) groups is 1. The Morgan fingerprint density at radius 1 is 1.53 bits per heavy atom. The van der Waals surface area contributed by atoms with Gasteiger partial charge in [0.1, 0.15) is 0 Å². The molecule has 6 heteroatoms. The topological polar surface area (TPSA) is 84.1 Å². The molecule has 19 heavy (non-hydrogen) atoms. The van der Waals surface area contributed by atoms with Gasteiger partial charge < -0.3 is 16.0 Å². The third kappa shape index (κ3) is 3.64. The average Bonchev–Trinajstić information content (AvgIpc) is 2.45. The fourth-order valence-electron chi connectivity index (χ4n) is 2.41. The first-order chi connectivity index (χ1) is 9.20. The predicted molar refractivity (Wildman–Crippen MR) is 73.5 cm³/mol. The third-order valence-electron chi connectivity index (χ3n) is 3.56. The first-order valence-corrected chi connectivity index (χ1v) is 6.70. The van der Waals surface area contributed by atoms with Crippen LogP contribution >= 0.6 is 0 Å². The number of piperidine rings is 1. The molecule has 0 spiro atoms. The van der Waals surface area contributed by atoms with Gasteiger partial charge in [0.05, 0.1) is 6.20 Å². The van der Waals surface area contributed by atoms with E-state index in [1.807, 2.05) is 6.07 Å². The lowest BCUT2D eigenvalue weighted by molar-refractivity contribution is -0.119. The molecule has 0 saturated carbocycles. The summed E-state index contributed by atoms with van der Waals surface area (Å²) in [5.41, 5.74) is 6.76. The van der Waals surface area contributed by atoms with E-state index in [9.17, 15) is 4.79 Å². The van der Waals surface area contributed by atoms with Gasteiger partial charge in [0.25, 0.3) is 0 Å². The Labute approximate surface area is 113 Å². The number of hydrogen-bond acceptors (Lipinski definition) is 5. The van der Waals surface area contributed by atoms with E-state index < -0.39 is 0 Å². The van der Waals surface area contributed by atoms with E-state index in [1.165, 1.54) is 0 Å². The zero-order valence-corrected chi connectivity index (χ0v) is 11.3. The van der Waals surface area contributed by atoms with Gasteiger partial charge in [-0.1, -0.05) is 0 Å². The number of amides is 1. The second kappa shape index (κ2) is 6.47. The summed E-state index contributed by atoms with van der Waals surface area (Å²) in [5, 5.41) is 11.0. The largest absolute Gasteiger partial charge is 0.356 e. The highest BCUT2D eigenvalue weighted by Crippen LogP contribution is 2.23. The molecule has 3 N–H and O–H groups in total. The van der Waals surface area contributed by atoms with Crippen LogP contribution in [0.5, 0.6) is 0 Å². The normalized spacial score (nSPS) is 16.4. The van der Waals surface area contributed by atoms with Crippen LogP contribution in [-0.2, 0) is 11.3 Å². The van der Waals surface area contributed by atoms with Crippen molar-refractivity contribution in [2.45, 2.75) is 26.3 Å². The smallest absolute Gasteiger partial charge is 0.216 e. The second-order valence-electron chi connectivity index (χ2n) is 4.95. The Morgan fingerprint density at radius 3 is 2.89 bits per heavy atom. The van der Waals surface area contributed by atoms with Gasteiger partial charge >= 0.3 is 0 Å². The molecule has 0 radical (unpaired) electrons. The van der Waals surface area contributed by atoms with Crippen LogP contribution in [0.3, 0.4) is 0 Å². The summed E-state index contributed by atoms with van der Waals surface area (Å²) in [6.07, 6.45) is 3.79. The van der Waals surface area contributed by atoms with Crippen LogP contribution in [0.1, 0.15) is 25.3 Å². The van der Waals surface area contributed by atoms with Crippen molar-refractivity contribution in [3.05, 3.63) is 17.8 Å². The van der Waals surface area contributed by atoms with Gasteiger partial charge in [0.2, 0.25) is 5.91 Å². The summed E-state index contributed by atoms with van der Waals surface area (Å²) in [5.74, 6) is 1.50. The average molecular weight is 263 g/mol. The molecule has 1 amide bonds. The van der Waals surface area contributed by atoms with Crippen LogP contribution < -0.4 is 16.0 Å². The highest BCUT2D eigenvalue weighted by Gasteiger charge is 2.21. The molecule has 1 aromatic heterocycles. The van der Waals surface area contributed by atoms with Gasteiger partial charge in [-0.15, -0.1) is 5.10 Å². The Balaban J connectivity index is 1.90. The molecule has 0 atom stereocenters. The van der Waals surface area contributed by atoms with Gasteiger partial charge in [-0.2, -0.15) is 5.10 Å². The van der Waals surface area contributed by atoms with Crippen LogP contribution in [0, 0.1) is 5.92 Å². The Morgan fingerprint density at radius 2 is 2.26 bits per heavy atom. The minimum atomic E-state index is 0.0433. The molecule has 6 nitrogen and oxygen atoms in total. The first-order valence-electron chi connectivity index (χ1n) is 6.70. The maximum atomic E-state index is 10.9. The van der Waals surface area contributed by atoms with Crippen molar-refractivity contribution in [2.75, 3.05) is 24.5 Å². The maximum Gasteiger partial charge on any atom is 0.216 e. The van der Waals surface area contributed by atoms with Gasteiger partial charge in [-0.3, -0.25) is 4.79 Å². The van der Waals surface area contributed by atoms with Crippen molar-refractivity contribution in [1.29, 1.82) is 0 Å². The zero-order valence-electron chi connectivity index (χ0n) is 11.3. The van der Waals surface area contributed by atoms with Crippen molar-refractivity contribution in [3.8, 4) is 0 Å². The Bertz CT molecular complexity index is 429. The SMILES string of the molecule is CC(=O)NCC1CCN(c2nnccc2CN)CC1. The molecular formula is C13H21N5O. The zero-order chi connectivity index (χ0) is 13.7. The molecule has 1 aromatic rings. The van der Waals surface area contributed by atoms with E-state index in [0.29, 0.717) is 12.5 Å². The summed E-state index contributed by atoms with van der Waals surface area (Å²) >= 11 is 0. The number of nitrogens with one attached hydrogen (secondary N) is 1. The number of carbonyl (C=O) groups excluding carboxylic acids is 1. The molecule has 104 valence electrons. The van der Waals surface area contributed by atoms with Crippen LogP contribution in [0.15, 0.2) is 12.3 Å². The highest BCUT2D eigenvalue weighted by molar-refractivity contribution is 5.72. The van der Waals surface area contributed by atoms with E-state index >= 15 is 0 Å². The number of hydrogen-bond donors (Lipinski definition) is 2. The predicted octanol–water partition coefficient (Wildman–Crippen LogP) is 0.288. The quantitative estimate of drug-likeness (QED) is 0.815. The molecule has 2 heterocycles. The molecule has 2 rings (SSSR count). The summed E-state index contributed by atoms with van der Waals surface area (Å²) in [7, 11) is 0. The van der Waals surface area contributed by atoms with Crippen LogP contribution in [0.4, 0.5) is 5.82 Å². The number of aromatic nitrogens is 2. The highest BCUT2D eigenvalue weighted by atomic mass is 16.1. The molecule has 1 aliphatic rings. The van der Waals surface area contributed by atoms with E-state index in [2.05, 4.69) is 20.4 Å². The van der Waals surface area contributed by atoms with E-state index in [-0.39, 0.29) is 5.91 Å². The van der Waals surface area contributed by atoms with Crippen molar-refractivity contribution in [2.24, 2.45) is 11.7 Å². The molecular weight excluding hydrogens is 242 g/mol. The Hall–Kier alpha value is -1.69. The van der Waals surface area contributed by atoms with Gasteiger partial charge in [-0.25, -0.2) is 0 Å². The van der Waals surface area contributed by atoms with E-state index in [1.54, 1.807) is 13.1 Å². The van der Waals surface area contributed by atoms with E-state index in [0.717, 1.165) is 43.9 Å². The molecule has 0 aliphatic carbocycles. The number of anilines is 1. The lowest BCUT2D eigenvalue weighted by Crippen LogP contribution is -2.39. The first kappa shape index (κ1) is 13.7. The van der Waals surface area contributed by atoms with Gasteiger partial charge in [-0.05, 0) is 24.8 Å². The van der Waals surface area contributed by atoms with Crippen molar-refractivity contribution < 1.29 is 4.79 Å². The monoisotopic (exact) mass is 263 g/mol.